The molecule has 0 aliphatic rings. The normalized spacial score (nSPS) is 12.4. The predicted octanol–water partition coefficient (Wildman–Crippen LogP) is 1.30. The molecule has 0 saturated carbocycles. The van der Waals surface area contributed by atoms with E-state index in [4.69, 9.17) is 24.7 Å². The summed E-state index contributed by atoms with van der Waals surface area (Å²) >= 11 is 0. The predicted molar refractivity (Wildman–Crippen MR) is 97.0 cm³/mol. The molecule has 0 aliphatic heterocycles. The quantitative estimate of drug-likeness (QED) is 0.380. The Morgan fingerprint density at radius 1 is 1.14 bits per heavy atom. The zero-order valence-corrected chi connectivity index (χ0v) is 15.6. The van der Waals surface area contributed by atoms with E-state index in [0.717, 1.165) is 0 Å². The van der Waals surface area contributed by atoms with Gasteiger partial charge in [0.05, 0.1) is 42.9 Å². The lowest BCUT2D eigenvalue weighted by Gasteiger charge is -2.22. The van der Waals surface area contributed by atoms with Crippen molar-refractivity contribution in [2.75, 3.05) is 33.2 Å². The fourth-order valence-corrected chi connectivity index (χ4v) is 2.30. The summed E-state index contributed by atoms with van der Waals surface area (Å²) in [5, 5.41) is 29.4. The third kappa shape index (κ3) is 8.60. The van der Waals surface area contributed by atoms with Gasteiger partial charge in [0, 0.05) is 12.2 Å². The minimum absolute atomic E-state index is 0.0163. The number of ether oxygens (including phenoxy) is 3. The number of nitrogens with one attached hydrogen (secondary N) is 1. The molecule has 150 valence electrons. The van der Waals surface area contributed by atoms with Crippen molar-refractivity contribution >= 4 is 11.9 Å². The first kappa shape index (κ1) is 23.1. The molecule has 2 unspecified atom stereocenters. The number of rotatable bonds is 13. The van der Waals surface area contributed by atoms with Crippen LogP contribution in [0.15, 0.2) is 24.3 Å². The highest BCUT2D eigenvalue weighted by atomic mass is 16.7. The molecule has 28 heavy (non-hydrogen) atoms. The lowest BCUT2D eigenvalue weighted by atomic mass is 10.0. The van der Waals surface area contributed by atoms with Crippen molar-refractivity contribution in [3.63, 3.8) is 0 Å². The van der Waals surface area contributed by atoms with E-state index in [9.17, 15) is 14.7 Å². The van der Waals surface area contributed by atoms with Gasteiger partial charge >= 0.3 is 5.97 Å². The van der Waals surface area contributed by atoms with Crippen LogP contribution in [0.1, 0.15) is 29.3 Å². The summed E-state index contributed by atoms with van der Waals surface area (Å²) in [4.78, 5) is 23.9. The van der Waals surface area contributed by atoms with Gasteiger partial charge in [0.25, 0.3) is 5.91 Å². The number of hydrogen-bond donors (Lipinski definition) is 2. The highest BCUT2D eigenvalue weighted by Gasteiger charge is 2.25. The van der Waals surface area contributed by atoms with Crippen LogP contribution in [-0.4, -0.2) is 56.2 Å². The van der Waals surface area contributed by atoms with Crippen LogP contribution in [0.5, 0.6) is 0 Å². The molecule has 0 aliphatic carbocycles. The van der Waals surface area contributed by atoms with E-state index >= 15 is 0 Å². The Hall–Kier alpha value is -2.98. The molecule has 2 N–H and O–H groups in total. The Morgan fingerprint density at radius 2 is 1.86 bits per heavy atom. The highest BCUT2D eigenvalue weighted by Crippen LogP contribution is 2.11. The first-order chi connectivity index (χ1) is 13.5. The zero-order chi connectivity index (χ0) is 20.8. The second kappa shape index (κ2) is 13.2. The van der Waals surface area contributed by atoms with Crippen LogP contribution in [-0.2, 0) is 19.0 Å². The van der Waals surface area contributed by atoms with Gasteiger partial charge < -0.3 is 24.6 Å². The standard InChI is InChI=1S/C19H23N3O6/c1-2-26-13-28-12-17(9-16(19(24)25)11-27-8-7-20)22-18(23)15-5-3-14(10-21)4-6-15/h3-6,16-17H,2,8-9,11-13H2,1H3,(H,22,23)(H,24,25). The van der Waals surface area contributed by atoms with E-state index in [0.29, 0.717) is 17.7 Å². The van der Waals surface area contributed by atoms with Crippen LogP contribution in [0, 0.1) is 28.6 Å². The fourth-order valence-electron chi connectivity index (χ4n) is 2.30. The third-order valence-corrected chi connectivity index (χ3v) is 3.71. The zero-order valence-electron chi connectivity index (χ0n) is 15.6. The Bertz CT molecular complexity index is 708. The molecule has 0 heterocycles. The van der Waals surface area contributed by atoms with Gasteiger partial charge in [-0.05, 0) is 37.6 Å². The molecule has 0 saturated heterocycles. The topological polar surface area (TPSA) is 142 Å². The van der Waals surface area contributed by atoms with Gasteiger partial charge in [-0.25, -0.2) is 0 Å². The minimum atomic E-state index is -1.10. The Morgan fingerprint density at radius 3 is 2.43 bits per heavy atom. The van der Waals surface area contributed by atoms with E-state index in [2.05, 4.69) is 5.32 Å². The summed E-state index contributed by atoms with van der Waals surface area (Å²) in [7, 11) is 0. The number of hydrogen-bond acceptors (Lipinski definition) is 7. The van der Waals surface area contributed by atoms with Crippen molar-refractivity contribution in [1.82, 2.24) is 5.32 Å². The molecule has 1 rings (SSSR count). The number of aliphatic carboxylic acids is 1. The molecule has 1 amide bonds. The number of carbonyl (C=O) groups is 2. The Balaban J connectivity index is 2.78. The van der Waals surface area contributed by atoms with Crippen LogP contribution >= 0.6 is 0 Å². The van der Waals surface area contributed by atoms with Gasteiger partial charge in [0.15, 0.2) is 0 Å². The highest BCUT2D eigenvalue weighted by molar-refractivity contribution is 5.94. The second-order valence-electron chi connectivity index (χ2n) is 5.79. The number of nitriles is 2. The minimum Gasteiger partial charge on any atom is -0.481 e. The van der Waals surface area contributed by atoms with Gasteiger partial charge in [-0.3, -0.25) is 9.59 Å². The summed E-state index contributed by atoms with van der Waals surface area (Å²) in [5.41, 5.74) is 0.759. The fraction of sp³-hybridized carbons (Fsp3) is 0.474. The van der Waals surface area contributed by atoms with Gasteiger partial charge in [0.2, 0.25) is 0 Å². The first-order valence-corrected chi connectivity index (χ1v) is 8.65. The molecule has 0 aromatic heterocycles. The monoisotopic (exact) mass is 389 g/mol. The summed E-state index contributed by atoms with van der Waals surface area (Å²) in [6.07, 6.45) is 0.0505. The van der Waals surface area contributed by atoms with Crippen molar-refractivity contribution in [3.8, 4) is 12.1 Å². The Kier molecular flexibility index (Phi) is 10.9. The summed E-state index contributed by atoms with van der Waals surface area (Å²) in [6.45, 7) is 1.96. The maximum Gasteiger partial charge on any atom is 0.308 e. The van der Waals surface area contributed by atoms with Crippen LogP contribution in [0.2, 0.25) is 0 Å². The van der Waals surface area contributed by atoms with Crippen LogP contribution in [0.4, 0.5) is 0 Å². The number of carbonyl (C=O) groups excluding carboxylic acids is 1. The van der Waals surface area contributed by atoms with E-state index in [1.807, 2.05) is 6.07 Å². The van der Waals surface area contributed by atoms with Gasteiger partial charge in [-0.1, -0.05) is 0 Å². The van der Waals surface area contributed by atoms with Gasteiger partial charge in [-0.15, -0.1) is 0 Å². The van der Waals surface area contributed by atoms with Gasteiger partial charge in [0.1, 0.15) is 13.4 Å². The number of amides is 1. The van der Waals surface area contributed by atoms with Gasteiger partial charge in [-0.2, -0.15) is 10.5 Å². The number of benzene rings is 1. The van der Waals surface area contributed by atoms with Crippen molar-refractivity contribution in [3.05, 3.63) is 35.4 Å². The second-order valence-corrected chi connectivity index (χ2v) is 5.79. The maximum absolute atomic E-state index is 12.5. The molecular weight excluding hydrogens is 366 g/mol. The van der Waals surface area contributed by atoms with Crippen LogP contribution in [0.3, 0.4) is 0 Å². The van der Waals surface area contributed by atoms with Crippen molar-refractivity contribution in [2.24, 2.45) is 5.92 Å². The smallest absolute Gasteiger partial charge is 0.308 e. The van der Waals surface area contributed by atoms with E-state index in [-0.39, 0.29) is 33.0 Å². The number of carboxylic acid groups (broad SMARTS) is 1. The van der Waals surface area contributed by atoms with Crippen molar-refractivity contribution in [1.29, 1.82) is 10.5 Å². The van der Waals surface area contributed by atoms with E-state index in [1.165, 1.54) is 24.3 Å². The largest absolute Gasteiger partial charge is 0.481 e. The van der Waals surface area contributed by atoms with Crippen LogP contribution < -0.4 is 5.32 Å². The average molecular weight is 389 g/mol. The maximum atomic E-state index is 12.5. The number of nitrogens with zero attached hydrogens (tertiary/aromatic N) is 2. The molecule has 9 nitrogen and oxygen atoms in total. The summed E-state index contributed by atoms with van der Waals surface area (Å²) < 4.78 is 15.5. The molecule has 9 heteroatoms. The summed E-state index contributed by atoms with van der Waals surface area (Å²) in [6, 6.07) is 9.19. The lowest BCUT2D eigenvalue weighted by molar-refractivity contribution is -0.144. The van der Waals surface area contributed by atoms with E-state index in [1.54, 1.807) is 13.0 Å². The molecule has 0 radical (unpaired) electrons. The van der Waals surface area contributed by atoms with Crippen LogP contribution in [0.25, 0.3) is 0 Å². The van der Waals surface area contributed by atoms with Crippen molar-refractivity contribution in [2.45, 2.75) is 19.4 Å². The van der Waals surface area contributed by atoms with E-state index < -0.39 is 23.8 Å². The van der Waals surface area contributed by atoms with Crippen molar-refractivity contribution < 1.29 is 28.9 Å². The number of carboxylic acids is 1. The molecular formula is C19H23N3O6. The summed E-state index contributed by atoms with van der Waals surface area (Å²) in [5.74, 6) is -2.44. The molecule has 0 bridgehead atoms. The third-order valence-electron chi connectivity index (χ3n) is 3.71. The first-order valence-electron chi connectivity index (χ1n) is 8.65. The Labute approximate surface area is 163 Å². The molecule has 1 aromatic rings. The SMILES string of the molecule is CCOCOCC(CC(COCC#N)C(=O)O)NC(=O)c1ccc(C#N)cc1. The lowest BCUT2D eigenvalue weighted by Crippen LogP contribution is -2.41. The molecule has 1 aromatic carbocycles. The molecule has 0 fully saturated rings. The molecule has 0 spiro atoms. The molecule has 2 atom stereocenters. The average Bonchev–Trinajstić information content (AvgIpc) is 2.70.